The van der Waals surface area contributed by atoms with Crippen molar-refractivity contribution < 1.29 is 24.6 Å². The molecule has 170 valence electrons. The Morgan fingerprint density at radius 1 is 1.06 bits per heavy atom. The Balaban J connectivity index is 1.85. The smallest absolute Gasteiger partial charge is 0.302 e. The van der Waals surface area contributed by atoms with Crippen molar-refractivity contribution in [3.8, 4) is 5.75 Å². The van der Waals surface area contributed by atoms with Crippen LogP contribution in [0.2, 0.25) is 0 Å². The van der Waals surface area contributed by atoms with Crippen LogP contribution in [0.15, 0.2) is 65.8 Å². The van der Waals surface area contributed by atoms with Gasteiger partial charge in [0.1, 0.15) is 12.4 Å². The number of esters is 1. The number of phenols is 1. The molecule has 6 nitrogen and oxygen atoms in total. The minimum atomic E-state index is -0.624. The van der Waals surface area contributed by atoms with Crippen molar-refractivity contribution in [2.24, 2.45) is 11.1 Å². The summed E-state index contributed by atoms with van der Waals surface area (Å²) in [6.45, 7) is 10.0. The van der Waals surface area contributed by atoms with Gasteiger partial charge in [-0.05, 0) is 61.4 Å². The molecule has 2 N–H and O–H groups in total. The largest absolute Gasteiger partial charge is 0.508 e. The molecule has 6 heteroatoms. The maximum absolute atomic E-state index is 11.0. The van der Waals surface area contributed by atoms with E-state index in [0.717, 1.165) is 35.1 Å². The summed E-state index contributed by atoms with van der Waals surface area (Å²) < 4.78 is 11.5. The molecule has 0 heterocycles. The molecule has 0 aliphatic heterocycles. The minimum absolute atomic E-state index is 0.184. The molecule has 3 atom stereocenters. The van der Waals surface area contributed by atoms with E-state index in [0.29, 0.717) is 12.3 Å². The molecule has 1 aliphatic rings. The lowest BCUT2D eigenvalue weighted by atomic mass is 9.72. The molecule has 0 bridgehead atoms. The van der Waals surface area contributed by atoms with Crippen LogP contribution in [0.5, 0.6) is 5.75 Å². The molecule has 1 aliphatic carbocycles. The molecule has 0 spiro atoms. The second kappa shape index (κ2) is 10.0. The van der Waals surface area contributed by atoms with Crippen molar-refractivity contribution in [1.82, 2.24) is 0 Å². The number of aromatic hydroxyl groups is 1. The van der Waals surface area contributed by atoms with Gasteiger partial charge in [-0.3, -0.25) is 4.79 Å². The van der Waals surface area contributed by atoms with Gasteiger partial charge in [0.25, 0.3) is 0 Å². The first-order chi connectivity index (χ1) is 15.3. The summed E-state index contributed by atoms with van der Waals surface area (Å²) in [5.74, 6) is 0.0945. The molecular formula is C26H31NO5. The highest BCUT2D eigenvalue weighted by molar-refractivity contribution is 5.94. The monoisotopic (exact) mass is 437 g/mol. The van der Waals surface area contributed by atoms with E-state index in [1.54, 1.807) is 12.1 Å². The Morgan fingerprint density at radius 2 is 1.66 bits per heavy atom. The normalized spacial score (nSPS) is 23.2. The number of nitrogens with zero attached hydrogens (tertiary/aromatic N) is 1. The van der Waals surface area contributed by atoms with E-state index in [1.165, 1.54) is 6.92 Å². The third-order valence-corrected chi connectivity index (χ3v) is 6.41. The van der Waals surface area contributed by atoms with Crippen molar-refractivity contribution in [3.63, 3.8) is 0 Å². The third-order valence-electron chi connectivity index (χ3n) is 6.41. The van der Waals surface area contributed by atoms with Gasteiger partial charge in [0.15, 0.2) is 0 Å². The lowest BCUT2D eigenvalue weighted by Crippen LogP contribution is -2.43. The lowest BCUT2D eigenvalue weighted by Gasteiger charge is -2.35. The van der Waals surface area contributed by atoms with Gasteiger partial charge in [0.2, 0.25) is 0 Å². The Kier molecular flexibility index (Phi) is 7.36. The van der Waals surface area contributed by atoms with Gasteiger partial charge in [-0.25, -0.2) is 0 Å². The van der Waals surface area contributed by atoms with Crippen LogP contribution in [0, 0.1) is 5.92 Å². The van der Waals surface area contributed by atoms with Gasteiger partial charge < -0.3 is 19.8 Å². The Hall–Kier alpha value is -3.12. The first-order valence-electron chi connectivity index (χ1n) is 10.7. The van der Waals surface area contributed by atoms with E-state index in [4.69, 9.17) is 9.47 Å². The quantitative estimate of drug-likeness (QED) is 0.197. The number of carbonyl (C=O) groups excluding carboxylic acids is 1. The van der Waals surface area contributed by atoms with E-state index in [2.05, 4.69) is 11.7 Å². The van der Waals surface area contributed by atoms with Gasteiger partial charge in [0.05, 0.1) is 23.8 Å². The maximum Gasteiger partial charge on any atom is 0.302 e. The number of oxime groups is 1. The molecule has 2 aromatic rings. The van der Waals surface area contributed by atoms with Crippen LogP contribution in [-0.4, -0.2) is 28.1 Å². The van der Waals surface area contributed by atoms with Crippen LogP contribution in [-0.2, 0) is 32.9 Å². The van der Waals surface area contributed by atoms with Gasteiger partial charge >= 0.3 is 5.97 Å². The van der Waals surface area contributed by atoms with Gasteiger partial charge in [-0.15, -0.1) is 0 Å². The summed E-state index contributed by atoms with van der Waals surface area (Å²) in [5, 5.41) is 23.1. The predicted molar refractivity (Wildman–Crippen MR) is 123 cm³/mol. The average Bonchev–Trinajstić information content (AvgIpc) is 3.18. The maximum atomic E-state index is 11.0. The highest BCUT2D eigenvalue weighted by Gasteiger charge is 2.52. The van der Waals surface area contributed by atoms with Crippen molar-refractivity contribution in [2.75, 3.05) is 0 Å². The second-order valence-corrected chi connectivity index (χ2v) is 8.58. The van der Waals surface area contributed by atoms with E-state index in [9.17, 15) is 15.1 Å². The minimum Gasteiger partial charge on any atom is -0.508 e. The number of benzene rings is 2. The predicted octanol–water partition coefficient (Wildman–Crippen LogP) is 5.11. The summed E-state index contributed by atoms with van der Waals surface area (Å²) in [5.41, 5.74) is 3.87. The van der Waals surface area contributed by atoms with E-state index in [1.807, 2.05) is 50.2 Å². The molecule has 0 aromatic heterocycles. The van der Waals surface area contributed by atoms with Crippen molar-refractivity contribution in [1.29, 1.82) is 0 Å². The molecule has 0 saturated heterocycles. The number of phenolic OH excluding ortho intramolecular Hbond substituents is 1. The number of hydrogen-bond acceptors (Lipinski definition) is 6. The number of carbonyl (C=O) groups is 1. The first kappa shape index (κ1) is 23.5. The van der Waals surface area contributed by atoms with Crippen LogP contribution >= 0.6 is 0 Å². The van der Waals surface area contributed by atoms with Crippen molar-refractivity contribution in [3.05, 3.63) is 77.4 Å². The number of hydrogen-bond donors (Lipinski definition) is 2. The summed E-state index contributed by atoms with van der Waals surface area (Å²) in [7, 11) is 0. The van der Waals surface area contributed by atoms with E-state index >= 15 is 0 Å². The van der Waals surface area contributed by atoms with Crippen molar-refractivity contribution in [2.45, 2.75) is 58.3 Å². The standard InChI is InChI=1S/C26H31NO5/c1-17(2)22-13-25(32-16-21-7-5-20(6-8-21)15-31-19(4)28)26(14-22,18(3)27-30)23-9-11-24(29)12-10-23/h5-12,22,25,29-30H,1,13-16H2,2-4H3/b27-18+/t22-,25+,26+/m0/s1. The molecule has 1 fully saturated rings. The zero-order valence-electron chi connectivity index (χ0n) is 18.9. The van der Waals surface area contributed by atoms with Crippen LogP contribution < -0.4 is 0 Å². The van der Waals surface area contributed by atoms with Crippen LogP contribution in [0.25, 0.3) is 0 Å². The highest BCUT2D eigenvalue weighted by atomic mass is 16.5. The molecule has 32 heavy (non-hydrogen) atoms. The molecule has 2 aromatic carbocycles. The van der Waals surface area contributed by atoms with Crippen LogP contribution in [0.1, 0.15) is 50.3 Å². The fourth-order valence-corrected chi connectivity index (χ4v) is 4.50. The molecule has 0 radical (unpaired) electrons. The fraction of sp³-hybridized carbons (Fsp3) is 0.385. The molecular weight excluding hydrogens is 406 g/mol. The summed E-state index contributed by atoms with van der Waals surface area (Å²) in [6.07, 6.45) is 1.24. The number of ether oxygens (including phenoxy) is 2. The Labute approximate surface area is 189 Å². The summed E-state index contributed by atoms with van der Waals surface area (Å²) >= 11 is 0. The lowest BCUT2D eigenvalue weighted by molar-refractivity contribution is -0.142. The highest BCUT2D eigenvalue weighted by Crippen LogP contribution is 2.49. The first-order valence-corrected chi connectivity index (χ1v) is 10.7. The zero-order chi connectivity index (χ0) is 23.3. The van der Waals surface area contributed by atoms with Gasteiger partial charge in [-0.1, -0.05) is 53.7 Å². The van der Waals surface area contributed by atoms with Crippen LogP contribution in [0.4, 0.5) is 0 Å². The van der Waals surface area contributed by atoms with Crippen molar-refractivity contribution >= 4 is 11.7 Å². The third kappa shape index (κ3) is 5.02. The second-order valence-electron chi connectivity index (χ2n) is 8.58. The topological polar surface area (TPSA) is 88.4 Å². The zero-order valence-corrected chi connectivity index (χ0v) is 18.9. The number of allylic oxidation sites excluding steroid dienone is 1. The average molecular weight is 438 g/mol. The molecule has 1 saturated carbocycles. The SMILES string of the molecule is C=C(C)[C@H]1C[C@@H](OCc2ccc(COC(C)=O)cc2)[C@](/C(C)=N/O)(c2ccc(O)cc2)C1. The number of rotatable bonds is 8. The summed E-state index contributed by atoms with van der Waals surface area (Å²) in [4.78, 5) is 11.0. The van der Waals surface area contributed by atoms with E-state index in [-0.39, 0.29) is 30.3 Å². The molecule has 0 unspecified atom stereocenters. The summed E-state index contributed by atoms with van der Waals surface area (Å²) in [6, 6.07) is 14.8. The molecule has 0 amide bonds. The Morgan fingerprint density at radius 3 is 2.19 bits per heavy atom. The van der Waals surface area contributed by atoms with E-state index < -0.39 is 5.41 Å². The Bertz CT molecular complexity index is 980. The molecule has 3 rings (SSSR count). The van der Waals surface area contributed by atoms with Gasteiger partial charge in [0, 0.05) is 6.92 Å². The van der Waals surface area contributed by atoms with Crippen LogP contribution in [0.3, 0.4) is 0 Å². The van der Waals surface area contributed by atoms with Gasteiger partial charge in [-0.2, -0.15) is 0 Å². The fourth-order valence-electron chi connectivity index (χ4n) is 4.50.